The van der Waals surface area contributed by atoms with E-state index in [0.717, 1.165) is 32.5 Å². The third-order valence-electron chi connectivity index (χ3n) is 15.8. The molecule has 3 aromatic rings. The zero-order valence-corrected chi connectivity index (χ0v) is 43.2. The van der Waals surface area contributed by atoms with Gasteiger partial charge in [0.15, 0.2) is 5.75 Å². The molecule has 2 fully saturated rings. The molecule has 72 heavy (non-hydrogen) atoms. The molecule has 0 saturated carbocycles. The number of methoxy groups -OCH3 is 1. The molecule has 1 unspecified atom stereocenters. The van der Waals surface area contributed by atoms with E-state index in [1.807, 2.05) is 19.1 Å². The number of nitrogens with zero attached hydrogens (tertiary/aromatic N) is 5. The van der Waals surface area contributed by atoms with Gasteiger partial charge in [-0.2, -0.15) is 0 Å². The largest absolute Gasteiger partial charge is 0.507 e. The van der Waals surface area contributed by atoms with Crippen LogP contribution >= 0.6 is 0 Å². The minimum atomic E-state index is -1.98. The van der Waals surface area contributed by atoms with Gasteiger partial charge in [-0.1, -0.05) is 59.8 Å². The molecule has 1 spiro atoms. The van der Waals surface area contributed by atoms with Crippen molar-refractivity contribution >= 4 is 34.2 Å². The van der Waals surface area contributed by atoms with Crippen molar-refractivity contribution in [2.24, 2.45) is 39.6 Å². The molecule has 6 aliphatic rings. The van der Waals surface area contributed by atoms with E-state index in [-0.39, 0.29) is 55.6 Å². The highest BCUT2D eigenvalue weighted by Gasteiger charge is 2.51. The highest BCUT2D eigenvalue weighted by Crippen LogP contribution is 2.51. The van der Waals surface area contributed by atoms with E-state index in [0.29, 0.717) is 37.5 Å². The number of benzene rings is 2. The van der Waals surface area contributed by atoms with Gasteiger partial charge in [-0.15, -0.1) is 0 Å². The summed E-state index contributed by atoms with van der Waals surface area (Å²) in [6.45, 7) is 19.4. The van der Waals surface area contributed by atoms with Crippen molar-refractivity contribution in [2.75, 3.05) is 45.2 Å². The Kier molecular flexibility index (Phi) is 15.2. The van der Waals surface area contributed by atoms with E-state index in [4.69, 9.17) is 23.9 Å². The lowest BCUT2D eigenvalue weighted by molar-refractivity contribution is -0.114. The number of ether oxygens (including phenoxy) is 4. The van der Waals surface area contributed by atoms with E-state index in [1.165, 1.54) is 25.9 Å². The molecule has 17 heteroatoms. The van der Waals surface area contributed by atoms with Gasteiger partial charge in [-0.25, -0.2) is 9.79 Å². The Balaban J connectivity index is 1.19. The van der Waals surface area contributed by atoms with Crippen LogP contribution in [0.15, 0.2) is 70.7 Å². The normalized spacial score (nSPS) is 31.0. The maximum absolute atomic E-state index is 15.0. The first-order chi connectivity index (χ1) is 34.2. The summed E-state index contributed by atoms with van der Waals surface area (Å²) in [5.74, 6) is -5.96. The lowest BCUT2D eigenvalue weighted by Gasteiger charge is -2.39. The highest BCUT2D eigenvalue weighted by molar-refractivity contribution is 6.21. The summed E-state index contributed by atoms with van der Waals surface area (Å²) in [5.41, 5.74) is 1.03. The van der Waals surface area contributed by atoms with Crippen LogP contribution in [0, 0.1) is 36.5 Å². The number of phenolic OH excluding ortho intramolecular Hbond substituents is 2. The number of likely N-dealkylation sites (tertiary alicyclic amines) is 2. The van der Waals surface area contributed by atoms with Gasteiger partial charge in [-0.05, 0) is 62.3 Å². The van der Waals surface area contributed by atoms with Crippen LogP contribution in [0.2, 0.25) is 0 Å². The molecule has 9 rings (SSSR count). The van der Waals surface area contributed by atoms with E-state index >= 15 is 0 Å². The molecule has 1 aromatic heterocycles. The Hall–Kier alpha value is -5.88. The average molecular weight is 993 g/mol. The zero-order valence-electron chi connectivity index (χ0n) is 43.2. The third kappa shape index (κ3) is 9.96. The number of rotatable bonds is 5. The second kappa shape index (κ2) is 20.9. The van der Waals surface area contributed by atoms with Gasteiger partial charge in [0.1, 0.15) is 34.0 Å². The molecular formula is C55H72N6O11. The number of fused-ring (bicyclic) bond motifs is 13. The number of phenols is 2. The Morgan fingerprint density at radius 3 is 2.25 bits per heavy atom. The van der Waals surface area contributed by atoms with Crippen molar-refractivity contribution in [1.29, 1.82) is 0 Å². The number of carbonyl (C=O) groups is 3. The molecule has 2 aromatic carbocycles. The molecule has 5 N–H and O–H groups in total. The van der Waals surface area contributed by atoms with Crippen molar-refractivity contribution in [1.82, 2.24) is 14.8 Å². The third-order valence-corrected chi connectivity index (χ3v) is 15.8. The van der Waals surface area contributed by atoms with E-state index < -0.39 is 83.1 Å². The van der Waals surface area contributed by atoms with Gasteiger partial charge in [0.25, 0.3) is 11.7 Å². The van der Waals surface area contributed by atoms with Gasteiger partial charge in [0.2, 0.25) is 0 Å². The number of aromatic hydroxyl groups is 2. The van der Waals surface area contributed by atoms with Crippen molar-refractivity contribution in [3.63, 3.8) is 0 Å². The number of ketones is 1. The highest BCUT2D eigenvalue weighted by atomic mass is 16.7. The number of hydrogen-bond donors (Lipinski definition) is 5. The number of allylic oxidation sites excluding steroid dienone is 2. The molecule has 5 bridgehead atoms. The Labute approximate surface area is 421 Å². The number of nitrogens with one attached hydrogen (secondary N) is 1. The maximum atomic E-state index is 15.0. The van der Waals surface area contributed by atoms with Gasteiger partial charge in [-0.3, -0.25) is 19.6 Å². The molecule has 0 radical (unpaired) electrons. The summed E-state index contributed by atoms with van der Waals surface area (Å²) in [5, 5.41) is 51.6. The Morgan fingerprint density at radius 1 is 0.917 bits per heavy atom. The predicted octanol–water partition coefficient (Wildman–Crippen LogP) is 6.60. The smallest absolute Gasteiger partial charge is 0.410 e. The van der Waals surface area contributed by atoms with Crippen LogP contribution < -0.4 is 20.8 Å². The maximum Gasteiger partial charge on any atom is 0.410 e. The minimum Gasteiger partial charge on any atom is -0.507 e. The first kappa shape index (κ1) is 52.4. The summed E-state index contributed by atoms with van der Waals surface area (Å²) in [7, 11) is 1.49. The number of anilines is 1. The number of Topliss-reactive ketones (excluding diaryl/α,β-unsaturated/α-hetero) is 1. The van der Waals surface area contributed by atoms with E-state index in [9.17, 15) is 34.8 Å². The lowest BCUT2D eigenvalue weighted by Crippen LogP contribution is -2.49. The predicted molar refractivity (Wildman–Crippen MR) is 270 cm³/mol. The Bertz CT molecular complexity index is 2780. The van der Waals surface area contributed by atoms with Crippen molar-refractivity contribution in [3.8, 4) is 17.2 Å². The summed E-state index contributed by atoms with van der Waals surface area (Å²) >= 11 is 0. The topological polar surface area (TPSA) is 225 Å². The van der Waals surface area contributed by atoms with Crippen LogP contribution in [0.25, 0.3) is 10.8 Å². The first-order valence-electron chi connectivity index (χ1n) is 25.4. The molecule has 2 saturated heterocycles. The van der Waals surface area contributed by atoms with Crippen LogP contribution in [0.1, 0.15) is 108 Å². The monoisotopic (exact) mass is 993 g/mol. The van der Waals surface area contributed by atoms with Crippen LogP contribution in [0.3, 0.4) is 0 Å². The summed E-state index contributed by atoms with van der Waals surface area (Å²) in [6, 6.07) is 3.99. The number of aliphatic hydroxyl groups excluding tert-OH is 2. The summed E-state index contributed by atoms with van der Waals surface area (Å²) in [6.07, 6.45) is 9.44. The fraction of sp³-hybridized carbons (Fsp3) is 0.564. The number of pyridine rings is 1. The number of aliphatic hydroxyl groups is 2. The van der Waals surface area contributed by atoms with Crippen LogP contribution in [-0.2, 0) is 19.0 Å². The van der Waals surface area contributed by atoms with E-state index in [1.54, 1.807) is 76.2 Å². The molecule has 0 aliphatic carbocycles. The fourth-order valence-electron chi connectivity index (χ4n) is 11.3. The van der Waals surface area contributed by atoms with Gasteiger partial charge < -0.3 is 54.5 Å². The lowest BCUT2D eigenvalue weighted by atomic mass is 9.78. The van der Waals surface area contributed by atoms with Crippen molar-refractivity contribution in [3.05, 3.63) is 88.1 Å². The SMILES string of the molecule is CO[C@H]1/C=C/O[C@@]2(C)Oc3c(C)c(O)c4c(O)c(c5c(c4c3C2=O)NC2(CCN(CC(C)C)CC2)N=5)=NC(=O)/C(C)=C\C=C\C(C)[C@H](O)[C@@H](C)[C@@H](O)[C@@H](C)[C@H](OC(=O)N2CCC(c3ccncc3)CC2)[C@@H]1C. The average Bonchev–Trinajstić information content (AvgIpc) is 3.87. The zero-order chi connectivity index (χ0) is 52.0. The molecule has 388 valence electrons. The molecule has 2 amide bonds. The van der Waals surface area contributed by atoms with Gasteiger partial charge in [0.05, 0.1) is 41.2 Å². The quantitative estimate of drug-likeness (QED) is 0.170. The van der Waals surface area contributed by atoms with Crippen LogP contribution in [-0.4, -0.2) is 129 Å². The first-order valence-corrected chi connectivity index (χ1v) is 25.4. The second-order valence-electron chi connectivity index (χ2n) is 21.3. The van der Waals surface area contributed by atoms with Crippen LogP contribution in [0.5, 0.6) is 17.2 Å². The number of carbonyl (C=O) groups excluding carboxylic acids is 3. The fourth-order valence-corrected chi connectivity index (χ4v) is 11.3. The molecule has 9 atom stereocenters. The minimum absolute atomic E-state index is 0.0509. The second-order valence-corrected chi connectivity index (χ2v) is 21.3. The number of amides is 2. The standard InChI is InChI=1S/C55H72N6O11/c1-29(2)28-60-25-19-55(20-26-60)58-42-39-40-47(64)35(8)50-41(39)51(66)54(9,72-50)70-27-18-38(69-10)32(5)49(71-53(68)61-23-16-37(17-24-61)36-14-21-56-22-15-36)34(7)46(63)33(6)45(62)30(3)12-11-13-31(4)52(67)57-44(48(40)65)43(42)59-55/h11-15,18,21-22,27,29-30,32-34,37-38,45-46,49,58,62-65H,16-17,19-20,23-26,28H2,1-10H3/b12-11+,27-18+,31-13-,57-44?/t30?,32-,33-,34-,38+,45+,46-,49-,54+/m1/s1. The molecule has 6 aliphatic heterocycles. The van der Waals surface area contributed by atoms with Gasteiger partial charge >= 0.3 is 11.9 Å². The van der Waals surface area contributed by atoms with Crippen LogP contribution in [0.4, 0.5) is 10.5 Å². The van der Waals surface area contributed by atoms with Gasteiger partial charge in [0, 0.05) is 112 Å². The molecule has 17 nitrogen and oxygen atoms in total. The number of aromatic nitrogens is 1. The van der Waals surface area contributed by atoms with Crippen molar-refractivity contribution < 1.29 is 53.8 Å². The summed E-state index contributed by atoms with van der Waals surface area (Å²) < 4.78 is 25.0. The molecular weight excluding hydrogens is 921 g/mol. The number of hydrogen-bond acceptors (Lipinski definition) is 15. The van der Waals surface area contributed by atoms with E-state index in [2.05, 4.69) is 34.0 Å². The number of piperidine rings is 2. The molecule has 7 heterocycles. The Morgan fingerprint density at radius 2 is 1.60 bits per heavy atom. The summed E-state index contributed by atoms with van der Waals surface area (Å²) in [4.78, 5) is 60.9. The van der Waals surface area contributed by atoms with Crippen molar-refractivity contribution in [2.45, 2.75) is 130 Å².